The first kappa shape index (κ1) is 21.3. The van der Waals surface area contributed by atoms with Crippen molar-refractivity contribution < 1.29 is 9.47 Å². The molecule has 0 heterocycles. The molecule has 0 aliphatic carbocycles. The second kappa shape index (κ2) is 11.0. The van der Waals surface area contributed by atoms with Gasteiger partial charge in [-0.1, -0.05) is 43.3 Å². The monoisotopic (exact) mass is 336 g/mol. The summed E-state index contributed by atoms with van der Waals surface area (Å²) in [6.07, 6.45) is 8.16. The zero-order valence-corrected chi connectivity index (χ0v) is 16.0. The van der Waals surface area contributed by atoms with Gasteiger partial charge in [0.2, 0.25) is 0 Å². The van der Waals surface area contributed by atoms with E-state index in [2.05, 4.69) is 20.1 Å². The molecule has 0 amide bonds. The van der Waals surface area contributed by atoms with Crippen LogP contribution in [0.1, 0.15) is 48.0 Å². The number of ether oxygens (including phenoxy) is 2. The van der Waals surface area contributed by atoms with Gasteiger partial charge in [0.1, 0.15) is 5.76 Å². The van der Waals surface area contributed by atoms with E-state index in [-0.39, 0.29) is 6.10 Å². The van der Waals surface area contributed by atoms with Gasteiger partial charge >= 0.3 is 0 Å². The quantitative estimate of drug-likeness (QED) is 0.341. The van der Waals surface area contributed by atoms with Crippen LogP contribution in [-0.2, 0) is 9.47 Å². The van der Waals surface area contributed by atoms with Crippen molar-refractivity contribution in [3.63, 3.8) is 0 Å². The van der Waals surface area contributed by atoms with Crippen molar-refractivity contribution in [1.29, 1.82) is 0 Å². The maximum absolute atomic E-state index is 6.29. The summed E-state index contributed by atoms with van der Waals surface area (Å²) in [6, 6.07) is 0. The van der Waals surface area contributed by atoms with E-state index >= 15 is 0 Å². The van der Waals surface area contributed by atoms with Gasteiger partial charge in [-0.2, -0.15) is 0 Å². The Hall–Kier alpha value is -1.67. The molecule has 0 radical (unpaired) electrons. The van der Waals surface area contributed by atoms with Crippen LogP contribution in [0.25, 0.3) is 0 Å². The maximum atomic E-state index is 6.29. The van der Waals surface area contributed by atoms with E-state index in [4.69, 9.17) is 21.1 Å². The number of rotatable bonds is 9. The fourth-order valence-corrected chi connectivity index (χ4v) is 1.93. The molecule has 1 atom stereocenters. The lowest BCUT2D eigenvalue weighted by molar-refractivity contribution is 0.121. The van der Waals surface area contributed by atoms with Crippen LogP contribution in [0.5, 0.6) is 0 Å². The topological polar surface area (TPSA) is 18.5 Å². The minimum Gasteiger partial charge on any atom is -0.487 e. The van der Waals surface area contributed by atoms with Crippen LogP contribution in [0.4, 0.5) is 0 Å². The van der Waals surface area contributed by atoms with Crippen LogP contribution in [0.2, 0.25) is 0 Å². The smallest absolute Gasteiger partial charge is 0.169 e. The summed E-state index contributed by atoms with van der Waals surface area (Å²) in [4.78, 5) is 0. The summed E-state index contributed by atoms with van der Waals surface area (Å²) in [5.74, 6) is 1.76. The van der Waals surface area contributed by atoms with E-state index in [1.807, 2.05) is 40.7 Å². The molecule has 0 aromatic rings. The van der Waals surface area contributed by atoms with Gasteiger partial charge in [0, 0.05) is 0 Å². The Morgan fingerprint density at radius 2 is 1.83 bits per heavy atom. The fraction of sp³-hybridized carbons (Fsp3) is 0.400. The standard InChI is InChI=1S/C20H29ClO2/c1-9-15(7)20(22-16(8)10-2)19(12-4)23-18(11-3)17(21)13-14(5)6/h9,11-13,16H,4-5,10H2,1-3,6-8H3/b15-9-,17-13+,18-11+,20-19-/t16-/m0/s1. The van der Waals surface area contributed by atoms with E-state index in [0.717, 1.165) is 17.6 Å². The van der Waals surface area contributed by atoms with Crippen molar-refractivity contribution in [2.24, 2.45) is 0 Å². The molecule has 0 aliphatic rings. The lowest BCUT2D eigenvalue weighted by atomic mass is 10.2. The minimum atomic E-state index is 0.0777. The predicted molar refractivity (Wildman–Crippen MR) is 101 cm³/mol. The highest BCUT2D eigenvalue weighted by Gasteiger charge is 2.15. The molecular weight excluding hydrogens is 308 g/mol. The van der Waals surface area contributed by atoms with Crippen LogP contribution < -0.4 is 0 Å². The Labute approximate surface area is 146 Å². The highest BCUT2D eigenvalue weighted by atomic mass is 35.5. The van der Waals surface area contributed by atoms with Crippen molar-refractivity contribution >= 4 is 11.6 Å². The summed E-state index contributed by atoms with van der Waals surface area (Å²) in [5.41, 5.74) is 1.83. The first-order valence-corrected chi connectivity index (χ1v) is 8.22. The molecule has 3 heteroatoms. The number of hydrogen-bond donors (Lipinski definition) is 0. The molecule has 0 aliphatic heterocycles. The van der Waals surface area contributed by atoms with Crippen molar-refractivity contribution in [2.75, 3.05) is 0 Å². The van der Waals surface area contributed by atoms with Gasteiger partial charge in [-0.05, 0) is 64.8 Å². The van der Waals surface area contributed by atoms with Gasteiger partial charge in [-0.25, -0.2) is 0 Å². The second-order valence-electron chi connectivity index (χ2n) is 5.30. The lowest BCUT2D eigenvalue weighted by Gasteiger charge is -2.20. The Balaban J connectivity index is 5.79. The van der Waals surface area contributed by atoms with Gasteiger partial charge in [0.05, 0.1) is 11.1 Å². The van der Waals surface area contributed by atoms with Crippen LogP contribution in [-0.4, -0.2) is 6.10 Å². The highest BCUT2D eigenvalue weighted by molar-refractivity contribution is 6.31. The normalized spacial score (nSPS) is 15.7. The Morgan fingerprint density at radius 1 is 1.22 bits per heavy atom. The molecule has 0 rings (SSSR count). The van der Waals surface area contributed by atoms with E-state index in [1.165, 1.54) is 0 Å². The molecule has 0 spiro atoms. The predicted octanol–water partition coefficient (Wildman–Crippen LogP) is 6.78. The Bertz CT molecular complexity index is 548. The zero-order chi connectivity index (χ0) is 18.0. The molecule has 0 fully saturated rings. The zero-order valence-electron chi connectivity index (χ0n) is 15.2. The average Bonchev–Trinajstić information content (AvgIpc) is 2.52. The molecule has 0 bridgehead atoms. The number of hydrogen-bond acceptors (Lipinski definition) is 2. The van der Waals surface area contributed by atoms with E-state index in [1.54, 1.807) is 18.2 Å². The molecule has 2 nitrogen and oxygen atoms in total. The SMILES string of the molecule is C=C/C(OC(=C/C)/C(Cl)=C\C(=C)C)=C(O[C@@H](C)CC)\C(C)=C/C. The van der Waals surface area contributed by atoms with E-state index < -0.39 is 0 Å². The highest BCUT2D eigenvalue weighted by Crippen LogP contribution is 2.27. The van der Waals surface area contributed by atoms with E-state index in [9.17, 15) is 0 Å². The first-order valence-electron chi connectivity index (χ1n) is 7.84. The van der Waals surface area contributed by atoms with Gasteiger partial charge < -0.3 is 9.47 Å². The van der Waals surface area contributed by atoms with Crippen molar-refractivity contribution in [3.05, 3.63) is 70.9 Å². The molecule has 0 N–H and O–H groups in total. The second-order valence-corrected chi connectivity index (χ2v) is 5.71. The lowest BCUT2D eigenvalue weighted by Crippen LogP contribution is -2.10. The molecule has 0 unspecified atom stereocenters. The maximum Gasteiger partial charge on any atom is 0.169 e. The minimum absolute atomic E-state index is 0.0777. The first-order chi connectivity index (χ1) is 10.8. The van der Waals surface area contributed by atoms with Crippen LogP contribution in [0.3, 0.4) is 0 Å². The third kappa shape index (κ3) is 7.43. The summed E-state index contributed by atoms with van der Waals surface area (Å²) in [6.45, 7) is 19.4. The third-order valence-corrected chi connectivity index (χ3v) is 3.48. The Kier molecular flexibility index (Phi) is 10.2. The molecule has 0 saturated carbocycles. The number of halogens is 1. The summed E-state index contributed by atoms with van der Waals surface area (Å²) < 4.78 is 12.0. The van der Waals surface area contributed by atoms with Crippen LogP contribution >= 0.6 is 11.6 Å². The summed E-state index contributed by atoms with van der Waals surface area (Å²) >= 11 is 6.29. The van der Waals surface area contributed by atoms with Crippen LogP contribution in [0, 0.1) is 0 Å². The largest absolute Gasteiger partial charge is 0.487 e. The van der Waals surface area contributed by atoms with Crippen molar-refractivity contribution in [1.82, 2.24) is 0 Å². The van der Waals surface area contributed by atoms with Crippen molar-refractivity contribution in [2.45, 2.75) is 54.1 Å². The third-order valence-electron chi connectivity index (χ3n) is 3.18. The molecule has 23 heavy (non-hydrogen) atoms. The average molecular weight is 337 g/mol. The molecule has 0 aromatic carbocycles. The van der Waals surface area contributed by atoms with Gasteiger partial charge in [0.15, 0.2) is 11.5 Å². The van der Waals surface area contributed by atoms with Crippen molar-refractivity contribution in [3.8, 4) is 0 Å². The van der Waals surface area contributed by atoms with Gasteiger partial charge in [0.25, 0.3) is 0 Å². The molecular formula is C20H29ClO2. The molecule has 0 aromatic heterocycles. The summed E-state index contributed by atoms with van der Waals surface area (Å²) in [5, 5.41) is 0.486. The Morgan fingerprint density at radius 3 is 2.22 bits per heavy atom. The molecule has 128 valence electrons. The van der Waals surface area contributed by atoms with Crippen LogP contribution in [0.15, 0.2) is 70.9 Å². The van der Waals surface area contributed by atoms with Gasteiger partial charge in [-0.3, -0.25) is 0 Å². The van der Waals surface area contributed by atoms with Gasteiger partial charge in [-0.15, -0.1) is 0 Å². The van der Waals surface area contributed by atoms with E-state index in [0.29, 0.717) is 22.3 Å². The fourth-order valence-electron chi connectivity index (χ4n) is 1.59. The molecule has 0 saturated heterocycles. The summed E-state index contributed by atoms with van der Waals surface area (Å²) in [7, 11) is 0. The number of allylic oxidation sites excluding steroid dienone is 7.